The van der Waals surface area contributed by atoms with E-state index in [9.17, 15) is 13.6 Å². The largest absolute Gasteiger partial charge is 0.434 e. The van der Waals surface area contributed by atoms with Crippen LogP contribution in [-0.2, 0) is 0 Å². The smallest absolute Gasteiger partial charge is 0.387 e. The summed E-state index contributed by atoms with van der Waals surface area (Å²) in [6.45, 7) is -1.67. The van der Waals surface area contributed by atoms with Crippen molar-refractivity contribution in [1.29, 1.82) is 0 Å². The molecule has 0 spiro atoms. The van der Waals surface area contributed by atoms with Gasteiger partial charge in [0, 0.05) is 6.92 Å². The van der Waals surface area contributed by atoms with Crippen molar-refractivity contribution in [3.8, 4) is 5.75 Å². The van der Waals surface area contributed by atoms with Crippen molar-refractivity contribution in [3.05, 3.63) is 24.1 Å². The van der Waals surface area contributed by atoms with Gasteiger partial charge in [-0.25, -0.2) is 4.98 Å². The lowest BCUT2D eigenvalue weighted by Crippen LogP contribution is -2.02. The summed E-state index contributed by atoms with van der Waals surface area (Å²) in [7, 11) is 0. The zero-order valence-electron chi connectivity index (χ0n) is 8.24. The lowest BCUT2D eigenvalue weighted by atomic mass is 10.3. The first-order chi connectivity index (χ1) is 7.58. The van der Waals surface area contributed by atoms with Crippen LogP contribution in [0.15, 0.2) is 22.6 Å². The normalized spacial score (nSPS) is 11.0. The molecular formula is C10H7F2NO3. The maximum Gasteiger partial charge on any atom is 0.387 e. The minimum absolute atomic E-state index is 0.108. The van der Waals surface area contributed by atoms with E-state index in [1.807, 2.05) is 0 Å². The summed E-state index contributed by atoms with van der Waals surface area (Å²) in [5, 5.41) is 0. The summed E-state index contributed by atoms with van der Waals surface area (Å²) in [4.78, 5) is 14.8. The number of fused-ring (bicyclic) bond motifs is 1. The number of ether oxygens (including phenoxy) is 1. The number of rotatable bonds is 3. The van der Waals surface area contributed by atoms with Gasteiger partial charge in [-0.1, -0.05) is 6.07 Å². The van der Waals surface area contributed by atoms with Gasteiger partial charge in [-0.15, -0.1) is 0 Å². The molecule has 0 bridgehead atoms. The molecule has 0 unspecified atom stereocenters. The molecule has 0 aliphatic carbocycles. The van der Waals surface area contributed by atoms with Crippen molar-refractivity contribution in [1.82, 2.24) is 4.98 Å². The van der Waals surface area contributed by atoms with Gasteiger partial charge < -0.3 is 9.15 Å². The number of para-hydroxylation sites is 1. The van der Waals surface area contributed by atoms with Crippen LogP contribution >= 0.6 is 0 Å². The molecule has 2 aromatic rings. The minimum Gasteiger partial charge on any atom is -0.434 e. The average Bonchev–Trinajstić information content (AvgIpc) is 2.61. The van der Waals surface area contributed by atoms with Gasteiger partial charge >= 0.3 is 6.61 Å². The maximum absolute atomic E-state index is 12.1. The Morgan fingerprint density at radius 3 is 2.88 bits per heavy atom. The van der Waals surface area contributed by atoms with Crippen molar-refractivity contribution in [3.63, 3.8) is 0 Å². The average molecular weight is 227 g/mol. The van der Waals surface area contributed by atoms with Crippen LogP contribution in [0.2, 0.25) is 0 Å². The third-order valence-corrected chi connectivity index (χ3v) is 1.90. The van der Waals surface area contributed by atoms with Crippen LogP contribution in [0.5, 0.6) is 5.75 Å². The Balaban J connectivity index is 2.54. The van der Waals surface area contributed by atoms with Crippen LogP contribution in [0.3, 0.4) is 0 Å². The first-order valence-electron chi connectivity index (χ1n) is 4.43. The van der Waals surface area contributed by atoms with Crippen molar-refractivity contribution in [2.75, 3.05) is 0 Å². The van der Waals surface area contributed by atoms with E-state index in [2.05, 4.69) is 9.72 Å². The number of benzene rings is 1. The van der Waals surface area contributed by atoms with Crippen molar-refractivity contribution < 1.29 is 22.7 Å². The number of carbonyl (C=O) groups excluding carboxylic acids is 1. The highest BCUT2D eigenvalue weighted by Gasteiger charge is 2.15. The number of hydrogen-bond acceptors (Lipinski definition) is 4. The van der Waals surface area contributed by atoms with Crippen molar-refractivity contribution >= 4 is 16.9 Å². The Labute approximate surface area is 88.8 Å². The monoisotopic (exact) mass is 227 g/mol. The van der Waals surface area contributed by atoms with E-state index >= 15 is 0 Å². The Morgan fingerprint density at radius 2 is 2.25 bits per heavy atom. The Kier molecular flexibility index (Phi) is 2.55. The minimum atomic E-state index is -2.94. The van der Waals surface area contributed by atoms with Gasteiger partial charge in [0.2, 0.25) is 5.78 Å². The molecule has 84 valence electrons. The molecule has 0 radical (unpaired) electrons. The Hall–Kier alpha value is -1.98. The number of oxazole rings is 1. The van der Waals surface area contributed by atoms with Gasteiger partial charge in [-0.2, -0.15) is 8.78 Å². The number of aromatic nitrogens is 1. The predicted molar refractivity (Wildman–Crippen MR) is 50.6 cm³/mol. The van der Waals surface area contributed by atoms with Crippen molar-refractivity contribution in [2.45, 2.75) is 13.5 Å². The van der Waals surface area contributed by atoms with E-state index in [-0.39, 0.29) is 28.5 Å². The van der Waals surface area contributed by atoms with E-state index in [4.69, 9.17) is 4.42 Å². The summed E-state index contributed by atoms with van der Waals surface area (Å²) in [5.41, 5.74) is 0.358. The summed E-state index contributed by atoms with van der Waals surface area (Å²) in [6.07, 6.45) is 0. The second-order valence-corrected chi connectivity index (χ2v) is 3.06. The number of hydrogen-bond donors (Lipinski definition) is 0. The van der Waals surface area contributed by atoms with Gasteiger partial charge in [0.1, 0.15) is 0 Å². The van der Waals surface area contributed by atoms with Gasteiger partial charge in [0.25, 0.3) is 5.89 Å². The van der Waals surface area contributed by atoms with E-state index < -0.39 is 6.61 Å². The van der Waals surface area contributed by atoms with Crippen LogP contribution in [0.4, 0.5) is 8.78 Å². The van der Waals surface area contributed by atoms with Gasteiger partial charge in [-0.05, 0) is 12.1 Å². The topological polar surface area (TPSA) is 52.3 Å². The summed E-state index contributed by atoms with van der Waals surface area (Å²) in [6, 6.07) is 4.34. The molecule has 1 heterocycles. The van der Waals surface area contributed by atoms with E-state index in [0.717, 1.165) is 0 Å². The molecule has 0 aliphatic heterocycles. The molecule has 0 aliphatic rings. The fourth-order valence-corrected chi connectivity index (χ4v) is 1.26. The van der Waals surface area contributed by atoms with E-state index in [1.54, 1.807) is 0 Å². The van der Waals surface area contributed by atoms with Crippen LogP contribution in [-0.4, -0.2) is 17.4 Å². The predicted octanol–water partition coefficient (Wildman–Crippen LogP) is 2.63. The Bertz CT molecular complexity index is 536. The number of Topliss-reactive ketones (excluding diaryl/α,β-unsaturated/α-hetero) is 1. The molecule has 2 rings (SSSR count). The zero-order valence-corrected chi connectivity index (χ0v) is 8.24. The SMILES string of the molecule is CC(=O)c1nc2c(OC(F)F)cccc2o1. The number of carbonyl (C=O) groups is 1. The molecule has 0 atom stereocenters. The Morgan fingerprint density at radius 1 is 1.50 bits per heavy atom. The van der Waals surface area contributed by atoms with E-state index in [1.165, 1.54) is 25.1 Å². The van der Waals surface area contributed by atoms with Crippen LogP contribution in [0.25, 0.3) is 11.1 Å². The summed E-state index contributed by atoms with van der Waals surface area (Å²) in [5.74, 6) is -0.608. The molecule has 16 heavy (non-hydrogen) atoms. The van der Waals surface area contributed by atoms with Crippen LogP contribution in [0.1, 0.15) is 17.6 Å². The summed E-state index contributed by atoms with van der Waals surface area (Å²) < 4.78 is 33.5. The fourth-order valence-electron chi connectivity index (χ4n) is 1.26. The van der Waals surface area contributed by atoms with Crippen LogP contribution in [0, 0.1) is 0 Å². The molecule has 0 fully saturated rings. The second kappa shape index (κ2) is 3.88. The highest BCUT2D eigenvalue weighted by Crippen LogP contribution is 2.27. The first kappa shape index (κ1) is 10.5. The zero-order chi connectivity index (χ0) is 11.7. The third-order valence-electron chi connectivity index (χ3n) is 1.90. The second-order valence-electron chi connectivity index (χ2n) is 3.06. The first-order valence-corrected chi connectivity index (χ1v) is 4.43. The van der Waals surface area contributed by atoms with Crippen molar-refractivity contribution in [2.24, 2.45) is 0 Å². The quantitative estimate of drug-likeness (QED) is 0.756. The molecule has 0 N–H and O–H groups in total. The number of halogens is 2. The number of nitrogens with zero attached hydrogens (tertiary/aromatic N) is 1. The van der Waals surface area contributed by atoms with E-state index in [0.29, 0.717) is 0 Å². The molecule has 1 aromatic heterocycles. The lowest BCUT2D eigenvalue weighted by Gasteiger charge is -2.02. The highest BCUT2D eigenvalue weighted by molar-refractivity contribution is 5.93. The molecular weight excluding hydrogens is 220 g/mol. The molecule has 6 heteroatoms. The lowest BCUT2D eigenvalue weighted by molar-refractivity contribution is -0.0489. The van der Waals surface area contributed by atoms with Crippen LogP contribution < -0.4 is 4.74 Å². The molecule has 0 amide bonds. The highest BCUT2D eigenvalue weighted by atomic mass is 19.3. The van der Waals surface area contributed by atoms with Gasteiger partial charge in [0.05, 0.1) is 0 Å². The standard InChI is InChI=1S/C10H7F2NO3/c1-5(14)9-13-8-6(15-9)3-2-4-7(8)16-10(11)12/h2-4,10H,1H3. The molecule has 0 saturated heterocycles. The third kappa shape index (κ3) is 1.86. The summed E-state index contributed by atoms with van der Waals surface area (Å²) >= 11 is 0. The van der Waals surface area contributed by atoms with Gasteiger partial charge in [0.15, 0.2) is 16.8 Å². The molecule has 0 saturated carbocycles. The number of ketones is 1. The molecule has 4 nitrogen and oxygen atoms in total. The maximum atomic E-state index is 12.1. The molecule has 1 aromatic carbocycles. The van der Waals surface area contributed by atoms with Gasteiger partial charge in [-0.3, -0.25) is 4.79 Å². The fraction of sp³-hybridized carbons (Fsp3) is 0.200. The number of alkyl halides is 2.